The van der Waals surface area contributed by atoms with E-state index in [0.29, 0.717) is 6.42 Å². The Bertz CT molecular complexity index is 1350. The summed E-state index contributed by atoms with van der Waals surface area (Å²) < 4.78 is 22.7. The molecule has 0 aromatic carbocycles. The zero-order valence-corrected chi connectivity index (χ0v) is 45.2. The molecule has 2 heterocycles. The molecule has 0 spiro atoms. The highest BCUT2D eigenvalue weighted by molar-refractivity contribution is 5.76. The smallest absolute Gasteiger partial charge is 0.220 e. The Labute approximate surface area is 436 Å². The molecule has 9 N–H and O–H groups in total. The lowest BCUT2D eigenvalue weighted by atomic mass is 9.97. The van der Waals surface area contributed by atoms with Gasteiger partial charge in [-0.2, -0.15) is 0 Å². The third-order valence-electron chi connectivity index (χ3n) is 14.3. The third-order valence-corrected chi connectivity index (χ3v) is 14.3. The minimum atomic E-state index is -1.79. The van der Waals surface area contributed by atoms with Gasteiger partial charge in [0.2, 0.25) is 5.91 Å². The normalized spacial score (nSPS) is 25.8. The van der Waals surface area contributed by atoms with Crippen molar-refractivity contribution < 1.29 is 64.6 Å². The molecule has 2 aliphatic heterocycles. The number of unbranched alkanes of at least 4 members (excludes halogenated alkanes) is 29. The summed E-state index contributed by atoms with van der Waals surface area (Å²) in [4.78, 5) is 13.2. The fraction of sp³-hybridized carbons (Fsp3) is 0.879. The number of hydrogen-bond acceptors (Lipinski definition) is 13. The maximum atomic E-state index is 13.2. The molecule has 12 atom stereocenters. The first-order chi connectivity index (χ1) is 35.1. The number of carbonyl (C=O) groups excluding carboxylic acids is 1. The van der Waals surface area contributed by atoms with Crippen LogP contribution in [0.5, 0.6) is 0 Å². The molecule has 0 radical (unpaired) electrons. The number of amides is 1. The Morgan fingerprint density at radius 3 is 1.39 bits per heavy atom. The lowest BCUT2D eigenvalue weighted by Gasteiger charge is -2.46. The van der Waals surface area contributed by atoms with Gasteiger partial charge in [-0.1, -0.05) is 211 Å². The molecule has 2 rings (SSSR count). The molecule has 14 nitrogen and oxygen atoms in total. The minimum absolute atomic E-state index is 0.240. The van der Waals surface area contributed by atoms with Crippen LogP contribution in [0.25, 0.3) is 0 Å². The number of nitrogens with one attached hydrogen (secondary N) is 1. The van der Waals surface area contributed by atoms with E-state index in [1.807, 2.05) is 6.08 Å². The van der Waals surface area contributed by atoms with E-state index >= 15 is 0 Å². The van der Waals surface area contributed by atoms with Gasteiger partial charge in [-0.25, -0.2) is 0 Å². The van der Waals surface area contributed by atoms with Crippen LogP contribution in [0, 0.1) is 0 Å². The molecule has 2 fully saturated rings. The van der Waals surface area contributed by atoms with Gasteiger partial charge in [0.05, 0.1) is 32.0 Å². The van der Waals surface area contributed by atoms with Crippen molar-refractivity contribution in [3.8, 4) is 0 Å². The number of rotatable bonds is 46. The monoisotopic (exact) mass is 1030 g/mol. The number of aliphatic hydroxyl groups is 8. The summed E-state index contributed by atoms with van der Waals surface area (Å²) in [6.07, 6.45) is 36.5. The number of hydrogen-bond donors (Lipinski definition) is 9. The molecular formula is C58H107NO13. The average Bonchev–Trinajstić information content (AvgIpc) is 3.38. The average molecular weight is 1030 g/mol. The van der Waals surface area contributed by atoms with Gasteiger partial charge in [-0.05, 0) is 51.4 Å². The van der Waals surface area contributed by atoms with E-state index in [1.54, 1.807) is 6.08 Å². The maximum absolute atomic E-state index is 13.2. The molecule has 1 amide bonds. The lowest BCUT2D eigenvalue weighted by Crippen LogP contribution is -2.65. The van der Waals surface area contributed by atoms with E-state index in [-0.39, 0.29) is 18.9 Å². The van der Waals surface area contributed by atoms with Crippen molar-refractivity contribution >= 4 is 5.91 Å². The predicted molar refractivity (Wildman–Crippen MR) is 286 cm³/mol. The van der Waals surface area contributed by atoms with Crippen LogP contribution >= 0.6 is 0 Å². The van der Waals surface area contributed by atoms with Gasteiger partial charge in [0, 0.05) is 6.42 Å². The van der Waals surface area contributed by atoms with Gasteiger partial charge >= 0.3 is 0 Å². The Morgan fingerprint density at radius 2 is 0.917 bits per heavy atom. The first-order valence-electron chi connectivity index (χ1n) is 29.2. The Kier molecular flexibility index (Phi) is 40.9. The van der Waals surface area contributed by atoms with Crippen molar-refractivity contribution in [2.75, 3.05) is 19.8 Å². The van der Waals surface area contributed by atoms with Crippen molar-refractivity contribution in [1.29, 1.82) is 0 Å². The number of allylic oxidation sites excluding steroid dienone is 5. The van der Waals surface area contributed by atoms with Gasteiger partial charge in [-0.15, -0.1) is 0 Å². The van der Waals surface area contributed by atoms with Crippen molar-refractivity contribution in [3.63, 3.8) is 0 Å². The van der Waals surface area contributed by atoms with Crippen LogP contribution in [0.1, 0.15) is 232 Å². The van der Waals surface area contributed by atoms with Crippen LogP contribution in [-0.2, 0) is 23.7 Å². The molecular weight excluding hydrogens is 919 g/mol. The summed E-state index contributed by atoms with van der Waals surface area (Å²) in [6.45, 7) is 2.75. The summed E-state index contributed by atoms with van der Waals surface area (Å²) >= 11 is 0. The van der Waals surface area contributed by atoms with Crippen LogP contribution in [0.15, 0.2) is 36.5 Å². The molecule has 0 saturated carbocycles. The zero-order chi connectivity index (χ0) is 52.4. The van der Waals surface area contributed by atoms with Crippen molar-refractivity contribution in [3.05, 3.63) is 36.5 Å². The van der Waals surface area contributed by atoms with Crippen LogP contribution in [0.2, 0.25) is 0 Å². The van der Waals surface area contributed by atoms with Crippen LogP contribution in [-0.4, -0.2) is 140 Å². The van der Waals surface area contributed by atoms with Gasteiger partial charge in [0.15, 0.2) is 12.6 Å². The molecule has 14 heteroatoms. The van der Waals surface area contributed by atoms with E-state index in [0.717, 1.165) is 44.9 Å². The minimum Gasteiger partial charge on any atom is -0.394 e. The molecule has 72 heavy (non-hydrogen) atoms. The topological polar surface area (TPSA) is 228 Å². The van der Waals surface area contributed by atoms with E-state index in [9.17, 15) is 45.6 Å². The van der Waals surface area contributed by atoms with E-state index < -0.39 is 86.8 Å². The summed E-state index contributed by atoms with van der Waals surface area (Å²) in [7, 11) is 0. The van der Waals surface area contributed by atoms with E-state index in [1.165, 1.54) is 161 Å². The lowest BCUT2D eigenvalue weighted by molar-refractivity contribution is -0.359. The fourth-order valence-corrected chi connectivity index (χ4v) is 9.56. The molecule has 2 aliphatic rings. The highest BCUT2D eigenvalue weighted by Crippen LogP contribution is 2.30. The largest absolute Gasteiger partial charge is 0.394 e. The highest BCUT2D eigenvalue weighted by atomic mass is 16.7. The second kappa shape index (κ2) is 44.3. The second-order valence-electron chi connectivity index (χ2n) is 20.8. The summed E-state index contributed by atoms with van der Waals surface area (Å²) in [5.41, 5.74) is 0. The predicted octanol–water partition coefficient (Wildman–Crippen LogP) is 9.44. The molecule has 12 unspecified atom stereocenters. The third kappa shape index (κ3) is 30.1. The van der Waals surface area contributed by atoms with Gasteiger partial charge in [-0.3, -0.25) is 4.79 Å². The zero-order valence-electron chi connectivity index (χ0n) is 45.2. The number of carbonyl (C=O) groups is 1. The second-order valence-corrected chi connectivity index (χ2v) is 20.8. The quantitative estimate of drug-likeness (QED) is 0.0205. The standard InChI is InChI=1S/C58H107NO13/c1-3-5-7-9-11-13-14-15-16-17-18-19-20-21-22-23-24-25-26-27-28-29-30-31-32-34-36-38-40-42-50(63)59-46(47(62)41-39-37-35-33-12-10-8-6-4-2)45-69-57-55(68)53(66)56(49(44-61)71-57)72-58-54(67)52(65)51(64)48(43-60)70-58/h14-15,17-18,39,41,46-49,51-58,60-62,64-68H,3-13,16,19-38,40,42-45H2,1-2H3,(H,59,63)/b15-14-,18-17-,41-39+. The summed E-state index contributed by atoms with van der Waals surface area (Å²) in [5.74, 6) is -0.240. The Morgan fingerprint density at radius 1 is 0.500 bits per heavy atom. The first kappa shape index (κ1) is 66.3. The van der Waals surface area contributed by atoms with Crippen molar-refractivity contribution in [1.82, 2.24) is 5.32 Å². The summed E-state index contributed by atoms with van der Waals surface area (Å²) in [5, 5.41) is 86.7. The first-order valence-corrected chi connectivity index (χ1v) is 29.2. The molecule has 2 saturated heterocycles. The van der Waals surface area contributed by atoms with Gasteiger partial charge in [0.1, 0.15) is 48.8 Å². The van der Waals surface area contributed by atoms with E-state index in [2.05, 4.69) is 43.5 Å². The molecule has 0 bridgehead atoms. The number of ether oxygens (including phenoxy) is 4. The molecule has 0 aromatic rings. The SMILES string of the molecule is CCCCCCC/C=C\C/C=C\CCCCCCCCCCCCCCCCCCCC(=O)NC(COC1OC(CO)C(OC2OC(CO)C(O)C(O)C2O)C(O)C1O)C(O)/C=C/CCCCCCCCC. The number of aliphatic hydroxyl groups excluding tert-OH is 8. The van der Waals surface area contributed by atoms with Crippen LogP contribution < -0.4 is 5.32 Å². The van der Waals surface area contributed by atoms with Gasteiger partial charge in [0.25, 0.3) is 0 Å². The van der Waals surface area contributed by atoms with Crippen molar-refractivity contribution in [2.24, 2.45) is 0 Å². The Balaban J connectivity index is 1.64. The van der Waals surface area contributed by atoms with Gasteiger partial charge < -0.3 is 65.1 Å². The Hall–Kier alpha value is -1.79. The molecule has 0 aliphatic carbocycles. The molecule has 0 aromatic heterocycles. The maximum Gasteiger partial charge on any atom is 0.220 e. The van der Waals surface area contributed by atoms with Crippen LogP contribution in [0.3, 0.4) is 0 Å². The summed E-state index contributed by atoms with van der Waals surface area (Å²) in [6, 6.07) is -0.911. The highest BCUT2D eigenvalue weighted by Gasteiger charge is 2.51. The fourth-order valence-electron chi connectivity index (χ4n) is 9.56. The molecule has 422 valence electrons. The van der Waals surface area contributed by atoms with E-state index in [4.69, 9.17) is 18.9 Å². The van der Waals surface area contributed by atoms with Crippen molar-refractivity contribution in [2.45, 2.75) is 306 Å². The van der Waals surface area contributed by atoms with Crippen LogP contribution in [0.4, 0.5) is 0 Å².